The van der Waals surface area contributed by atoms with E-state index in [4.69, 9.17) is 5.11 Å². The van der Waals surface area contributed by atoms with E-state index >= 15 is 0 Å². The molecule has 1 N–H and O–H groups in total. The van der Waals surface area contributed by atoms with Gasteiger partial charge in [0.1, 0.15) is 0 Å². The summed E-state index contributed by atoms with van der Waals surface area (Å²) in [6.07, 6.45) is 0. The van der Waals surface area contributed by atoms with Crippen LogP contribution in [0.3, 0.4) is 0 Å². The highest BCUT2D eigenvalue weighted by atomic mass is 32.1. The number of carbonyl (C=O) groups is 1. The number of carboxylic acid groups (broad SMARTS) is 1. The fourth-order valence-electron chi connectivity index (χ4n) is 1.63. The summed E-state index contributed by atoms with van der Waals surface area (Å²) in [4.78, 5) is 14.8. The van der Waals surface area contributed by atoms with Crippen molar-refractivity contribution < 1.29 is 9.90 Å². The Labute approximate surface area is 96.4 Å². The van der Waals surface area contributed by atoms with Crippen molar-refractivity contribution in [3.63, 3.8) is 0 Å². The first-order valence-electron chi connectivity index (χ1n) is 4.70. The minimum atomic E-state index is -0.990. The topological polar surface area (TPSA) is 68.0 Å². The lowest BCUT2D eigenvalue weighted by Crippen LogP contribution is -1.95. The molecule has 0 atom stereocenters. The fourth-order valence-corrected chi connectivity index (χ4v) is 2.28. The molecule has 2 rings (SSSR count). The molecule has 0 radical (unpaired) electrons. The molecule has 0 bridgehead atoms. The van der Waals surface area contributed by atoms with Crippen molar-refractivity contribution in [3.8, 4) is 11.3 Å². The Kier molecular flexibility index (Phi) is 2.51. The molecule has 0 saturated heterocycles. The number of aromatic carboxylic acids is 1. The third-order valence-electron chi connectivity index (χ3n) is 2.45. The molecule has 0 aliphatic carbocycles. The van der Waals surface area contributed by atoms with E-state index in [0.717, 1.165) is 28.3 Å². The Bertz CT molecular complexity index is 556. The molecule has 0 amide bonds. The molecule has 0 aliphatic rings. The summed E-state index contributed by atoms with van der Waals surface area (Å²) in [5.74, 6) is -0.990. The standard InChI is InChI=1S/C10H11N3O2S/c1-5-8(6(2)13(3)12-5)7-4-16-9(11-7)10(14)15/h4H,1-3H3,(H,14,15). The van der Waals surface area contributed by atoms with Crippen LogP contribution in [0, 0.1) is 13.8 Å². The van der Waals surface area contributed by atoms with Gasteiger partial charge in [-0.1, -0.05) is 0 Å². The molecular weight excluding hydrogens is 226 g/mol. The number of hydrogen-bond acceptors (Lipinski definition) is 4. The number of aryl methyl sites for hydroxylation is 2. The number of rotatable bonds is 2. The van der Waals surface area contributed by atoms with Crippen molar-refractivity contribution in [2.75, 3.05) is 0 Å². The quantitative estimate of drug-likeness (QED) is 0.865. The molecule has 0 aromatic carbocycles. The van der Waals surface area contributed by atoms with E-state index in [1.165, 1.54) is 0 Å². The van der Waals surface area contributed by atoms with Crippen LogP contribution in [0.15, 0.2) is 5.38 Å². The summed E-state index contributed by atoms with van der Waals surface area (Å²) in [6.45, 7) is 3.83. The molecule has 2 aromatic heterocycles. The van der Waals surface area contributed by atoms with Gasteiger partial charge in [0.15, 0.2) is 0 Å². The van der Waals surface area contributed by atoms with E-state index in [0.29, 0.717) is 5.69 Å². The van der Waals surface area contributed by atoms with Gasteiger partial charge in [-0.05, 0) is 13.8 Å². The largest absolute Gasteiger partial charge is 0.476 e. The van der Waals surface area contributed by atoms with E-state index in [9.17, 15) is 4.79 Å². The second-order valence-electron chi connectivity index (χ2n) is 3.51. The fraction of sp³-hybridized carbons (Fsp3) is 0.300. The van der Waals surface area contributed by atoms with Gasteiger partial charge in [-0.2, -0.15) is 5.10 Å². The van der Waals surface area contributed by atoms with Gasteiger partial charge in [0.25, 0.3) is 0 Å². The highest BCUT2D eigenvalue weighted by Gasteiger charge is 2.16. The van der Waals surface area contributed by atoms with Gasteiger partial charge in [-0.3, -0.25) is 4.68 Å². The first kappa shape index (κ1) is 10.8. The second kappa shape index (κ2) is 3.71. The number of thiazole rings is 1. The van der Waals surface area contributed by atoms with Crippen LogP contribution >= 0.6 is 11.3 Å². The Morgan fingerprint density at radius 1 is 1.50 bits per heavy atom. The molecule has 0 unspecified atom stereocenters. The molecule has 0 saturated carbocycles. The Hall–Kier alpha value is -1.69. The van der Waals surface area contributed by atoms with Crippen LogP contribution in [0.4, 0.5) is 0 Å². The van der Waals surface area contributed by atoms with Crippen LogP contribution < -0.4 is 0 Å². The van der Waals surface area contributed by atoms with Crippen LogP contribution in [-0.4, -0.2) is 25.8 Å². The molecule has 6 heteroatoms. The van der Waals surface area contributed by atoms with Crippen molar-refractivity contribution in [1.29, 1.82) is 0 Å². The zero-order valence-electron chi connectivity index (χ0n) is 9.18. The first-order valence-corrected chi connectivity index (χ1v) is 5.58. The van der Waals surface area contributed by atoms with Gasteiger partial charge in [0, 0.05) is 23.7 Å². The smallest absolute Gasteiger partial charge is 0.365 e. The lowest BCUT2D eigenvalue weighted by Gasteiger charge is -1.96. The normalized spacial score (nSPS) is 10.7. The summed E-state index contributed by atoms with van der Waals surface area (Å²) < 4.78 is 1.77. The van der Waals surface area contributed by atoms with Gasteiger partial charge in [-0.15, -0.1) is 11.3 Å². The zero-order chi connectivity index (χ0) is 11.9. The molecule has 16 heavy (non-hydrogen) atoms. The molecule has 0 fully saturated rings. The molecule has 2 aromatic rings. The SMILES string of the molecule is Cc1nn(C)c(C)c1-c1csc(C(=O)O)n1. The van der Waals surface area contributed by atoms with Crippen molar-refractivity contribution in [3.05, 3.63) is 21.8 Å². The Morgan fingerprint density at radius 3 is 2.62 bits per heavy atom. The maximum Gasteiger partial charge on any atom is 0.365 e. The van der Waals surface area contributed by atoms with Gasteiger partial charge < -0.3 is 5.11 Å². The molecule has 0 aliphatic heterocycles. The van der Waals surface area contributed by atoms with E-state index in [1.54, 1.807) is 10.1 Å². The van der Waals surface area contributed by atoms with Crippen molar-refractivity contribution >= 4 is 17.3 Å². The van der Waals surface area contributed by atoms with Crippen molar-refractivity contribution in [2.24, 2.45) is 7.05 Å². The van der Waals surface area contributed by atoms with Gasteiger partial charge in [0.05, 0.1) is 11.4 Å². The number of nitrogens with zero attached hydrogens (tertiary/aromatic N) is 3. The van der Waals surface area contributed by atoms with Crippen LogP contribution in [0.5, 0.6) is 0 Å². The maximum absolute atomic E-state index is 10.7. The molecular formula is C10H11N3O2S. The van der Waals surface area contributed by atoms with E-state index in [2.05, 4.69) is 10.1 Å². The molecule has 5 nitrogen and oxygen atoms in total. The third kappa shape index (κ3) is 1.61. The van der Waals surface area contributed by atoms with E-state index in [-0.39, 0.29) is 5.01 Å². The minimum absolute atomic E-state index is 0.109. The molecule has 2 heterocycles. The molecule has 84 valence electrons. The number of hydrogen-bond donors (Lipinski definition) is 1. The average molecular weight is 237 g/mol. The van der Waals surface area contributed by atoms with Gasteiger partial charge in [0.2, 0.25) is 5.01 Å². The highest BCUT2D eigenvalue weighted by molar-refractivity contribution is 7.11. The van der Waals surface area contributed by atoms with Crippen molar-refractivity contribution in [2.45, 2.75) is 13.8 Å². The lowest BCUT2D eigenvalue weighted by atomic mass is 10.1. The summed E-state index contributed by atoms with van der Waals surface area (Å²) in [6, 6.07) is 0. The lowest BCUT2D eigenvalue weighted by molar-refractivity contribution is 0.0696. The average Bonchev–Trinajstić information content (AvgIpc) is 2.74. The maximum atomic E-state index is 10.7. The second-order valence-corrected chi connectivity index (χ2v) is 4.37. The number of aromatic nitrogens is 3. The summed E-state index contributed by atoms with van der Waals surface area (Å²) >= 11 is 1.13. The summed E-state index contributed by atoms with van der Waals surface area (Å²) in [5.41, 5.74) is 3.46. The van der Waals surface area contributed by atoms with Gasteiger partial charge >= 0.3 is 5.97 Å². The van der Waals surface area contributed by atoms with Crippen LogP contribution in [0.2, 0.25) is 0 Å². The zero-order valence-corrected chi connectivity index (χ0v) is 10.00. The monoisotopic (exact) mass is 237 g/mol. The van der Waals surface area contributed by atoms with Crippen LogP contribution in [-0.2, 0) is 7.05 Å². The Balaban J connectivity index is 2.54. The molecule has 0 spiro atoms. The third-order valence-corrected chi connectivity index (χ3v) is 3.28. The van der Waals surface area contributed by atoms with E-state index < -0.39 is 5.97 Å². The summed E-state index contributed by atoms with van der Waals surface area (Å²) in [7, 11) is 1.86. The first-order chi connectivity index (χ1) is 7.50. The number of carboxylic acids is 1. The highest BCUT2D eigenvalue weighted by Crippen LogP contribution is 2.27. The van der Waals surface area contributed by atoms with Crippen LogP contribution in [0.1, 0.15) is 21.2 Å². The van der Waals surface area contributed by atoms with Gasteiger partial charge in [-0.25, -0.2) is 9.78 Å². The predicted octanol–water partition coefficient (Wildman–Crippen LogP) is 1.86. The van der Waals surface area contributed by atoms with Crippen LogP contribution in [0.25, 0.3) is 11.3 Å². The minimum Gasteiger partial charge on any atom is -0.476 e. The van der Waals surface area contributed by atoms with E-state index in [1.807, 2.05) is 20.9 Å². The predicted molar refractivity (Wildman–Crippen MR) is 60.7 cm³/mol. The Morgan fingerprint density at radius 2 is 2.19 bits per heavy atom. The van der Waals surface area contributed by atoms with Crippen molar-refractivity contribution in [1.82, 2.24) is 14.8 Å². The summed E-state index contributed by atoms with van der Waals surface area (Å²) in [5, 5.41) is 15.0.